The van der Waals surface area contributed by atoms with Gasteiger partial charge in [-0.05, 0) is 31.5 Å². The summed E-state index contributed by atoms with van der Waals surface area (Å²) in [4.78, 5) is 25.0. The number of rotatable bonds is 7. The zero-order chi connectivity index (χ0) is 23.2. The van der Waals surface area contributed by atoms with E-state index in [-0.39, 0.29) is 23.8 Å². The number of nitrogens with zero attached hydrogens (tertiary/aromatic N) is 2. The lowest BCUT2D eigenvalue weighted by molar-refractivity contribution is 0.0527. The van der Waals surface area contributed by atoms with Gasteiger partial charge in [0.15, 0.2) is 11.6 Å². The van der Waals surface area contributed by atoms with Crippen LogP contribution in [0, 0.1) is 0 Å². The minimum Gasteiger partial charge on any atom is -0.462 e. The number of carbonyl (C=O) groups excluding carboxylic acids is 2. The fourth-order valence-corrected chi connectivity index (χ4v) is 3.56. The second kappa shape index (κ2) is 9.87. The fourth-order valence-electron chi connectivity index (χ4n) is 3.56. The summed E-state index contributed by atoms with van der Waals surface area (Å²) in [7, 11) is 0. The van der Waals surface area contributed by atoms with Crippen molar-refractivity contribution in [2.45, 2.75) is 13.8 Å². The van der Waals surface area contributed by atoms with Crippen molar-refractivity contribution in [2.24, 2.45) is 0 Å². The minimum absolute atomic E-state index is 0.0558. The summed E-state index contributed by atoms with van der Waals surface area (Å²) < 4.78 is 5.42. The molecule has 0 aliphatic carbocycles. The van der Waals surface area contributed by atoms with Crippen molar-refractivity contribution in [3.63, 3.8) is 0 Å². The van der Waals surface area contributed by atoms with Gasteiger partial charge in [-0.25, -0.2) is 4.79 Å². The zero-order valence-electron chi connectivity index (χ0n) is 18.4. The van der Waals surface area contributed by atoms with Crippen LogP contribution < -0.4 is 5.32 Å². The molecule has 6 heteroatoms. The van der Waals surface area contributed by atoms with Crippen LogP contribution in [0.15, 0.2) is 84.9 Å². The van der Waals surface area contributed by atoms with Gasteiger partial charge in [0.2, 0.25) is 0 Å². The molecule has 3 aromatic carbocycles. The van der Waals surface area contributed by atoms with E-state index in [0.29, 0.717) is 22.5 Å². The van der Waals surface area contributed by atoms with E-state index >= 15 is 0 Å². The van der Waals surface area contributed by atoms with Crippen LogP contribution in [0.3, 0.4) is 0 Å². The Labute approximate surface area is 192 Å². The zero-order valence-corrected chi connectivity index (χ0v) is 18.4. The number of Topliss-reactive ketones (excluding diaryl/α,β-unsaturated/α-hetero) is 1. The standard InChI is InChI=1S/C27H23N3O3/c1-3-33-27(32)24-23(19-11-6-4-7-12-19)25(20-13-8-5-9-14-20)29-30-26(24)28-22-16-10-15-21(17-22)18(2)31/h4-17H,3H2,1-2H3,(H,28,30). The molecular formula is C27H23N3O3. The molecule has 0 aliphatic heterocycles. The van der Waals surface area contributed by atoms with Gasteiger partial charge in [0.1, 0.15) is 11.3 Å². The van der Waals surface area contributed by atoms with Gasteiger partial charge in [-0.15, -0.1) is 10.2 Å². The highest BCUT2D eigenvalue weighted by molar-refractivity contribution is 6.06. The number of anilines is 2. The number of benzene rings is 3. The number of ketones is 1. The molecule has 0 radical (unpaired) electrons. The lowest BCUT2D eigenvalue weighted by Gasteiger charge is -2.17. The van der Waals surface area contributed by atoms with Crippen LogP contribution in [0.25, 0.3) is 22.4 Å². The highest BCUT2D eigenvalue weighted by atomic mass is 16.5. The Hall–Kier alpha value is -4.32. The molecule has 0 fully saturated rings. The third kappa shape index (κ3) is 4.80. The summed E-state index contributed by atoms with van der Waals surface area (Å²) in [5, 5.41) is 12.0. The minimum atomic E-state index is -0.506. The molecule has 33 heavy (non-hydrogen) atoms. The van der Waals surface area contributed by atoms with E-state index in [1.807, 2.05) is 60.7 Å². The summed E-state index contributed by atoms with van der Waals surface area (Å²) in [6, 6.07) is 26.2. The van der Waals surface area contributed by atoms with Gasteiger partial charge >= 0.3 is 5.97 Å². The Balaban J connectivity index is 1.95. The summed E-state index contributed by atoms with van der Waals surface area (Å²) in [5.74, 6) is -0.305. The molecule has 0 spiro atoms. The number of esters is 1. The number of nitrogens with one attached hydrogen (secondary N) is 1. The molecule has 0 unspecified atom stereocenters. The highest BCUT2D eigenvalue weighted by Crippen LogP contribution is 2.37. The first-order chi connectivity index (χ1) is 16.1. The number of ether oxygens (including phenoxy) is 1. The number of aromatic nitrogens is 2. The van der Waals surface area contributed by atoms with Gasteiger partial charge in [0.25, 0.3) is 0 Å². The van der Waals surface area contributed by atoms with Gasteiger partial charge in [0.05, 0.1) is 6.61 Å². The molecule has 0 atom stereocenters. The molecule has 0 amide bonds. The molecule has 4 aromatic rings. The van der Waals surface area contributed by atoms with Crippen molar-refractivity contribution in [1.29, 1.82) is 0 Å². The van der Waals surface area contributed by atoms with Crippen molar-refractivity contribution in [2.75, 3.05) is 11.9 Å². The lowest BCUT2D eigenvalue weighted by Crippen LogP contribution is -2.14. The second-order valence-corrected chi connectivity index (χ2v) is 7.36. The van der Waals surface area contributed by atoms with Crippen LogP contribution in [-0.4, -0.2) is 28.6 Å². The number of hydrogen-bond donors (Lipinski definition) is 1. The van der Waals surface area contributed by atoms with Crippen LogP contribution in [0.2, 0.25) is 0 Å². The maximum atomic E-state index is 13.2. The Morgan fingerprint density at radius 2 is 1.52 bits per heavy atom. The molecule has 1 N–H and O–H groups in total. The van der Waals surface area contributed by atoms with Crippen molar-refractivity contribution in [3.8, 4) is 22.4 Å². The van der Waals surface area contributed by atoms with Crippen LogP contribution in [0.5, 0.6) is 0 Å². The van der Waals surface area contributed by atoms with Gasteiger partial charge in [0, 0.05) is 22.4 Å². The van der Waals surface area contributed by atoms with Crippen molar-refractivity contribution >= 4 is 23.3 Å². The lowest BCUT2D eigenvalue weighted by atomic mass is 9.95. The fraction of sp³-hybridized carbons (Fsp3) is 0.111. The number of hydrogen-bond acceptors (Lipinski definition) is 6. The molecule has 1 aromatic heterocycles. The predicted molar refractivity (Wildman–Crippen MR) is 129 cm³/mol. The van der Waals surface area contributed by atoms with E-state index in [1.165, 1.54) is 6.92 Å². The largest absolute Gasteiger partial charge is 0.462 e. The molecule has 0 bridgehead atoms. The van der Waals surface area contributed by atoms with E-state index in [4.69, 9.17) is 4.74 Å². The molecule has 164 valence electrons. The Morgan fingerprint density at radius 1 is 0.848 bits per heavy atom. The monoisotopic (exact) mass is 437 g/mol. The third-order valence-electron chi connectivity index (χ3n) is 5.09. The van der Waals surface area contributed by atoms with Gasteiger partial charge < -0.3 is 10.1 Å². The van der Waals surface area contributed by atoms with Gasteiger partial charge in [-0.3, -0.25) is 4.79 Å². The molecule has 0 saturated carbocycles. The van der Waals surface area contributed by atoms with E-state index in [1.54, 1.807) is 31.2 Å². The molecular weight excluding hydrogens is 414 g/mol. The van der Waals surface area contributed by atoms with E-state index in [2.05, 4.69) is 15.5 Å². The Bertz CT molecular complexity index is 1290. The van der Waals surface area contributed by atoms with Crippen LogP contribution in [0.4, 0.5) is 11.5 Å². The van der Waals surface area contributed by atoms with E-state index < -0.39 is 5.97 Å². The summed E-state index contributed by atoms with van der Waals surface area (Å²) >= 11 is 0. The molecule has 4 rings (SSSR count). The summed E-state index contributed by atoms with van der Waals surface area (Å²) in [6.45, 7) is 3.48. The molecule has 0 saturated heterocycles. The first-order valence-corrected chi connectivity index (χ1v) is 10.6. The van der Waals surface area contributed by atoms with Crippen molar-refractivity contribution in [1.82, 2.24) is 10.2 Å². The maximum absolute atomic E-state index is 13.2. The van der Waals surface area contributed by atoms with Crippen LogP contribution >= 0.6 is 0 Å². The average Bonchev–Trinajstić information content (AvgIpc) is 2.85. The normalized spacial score (nSPS) is 10.5. The van der Waals surface area contributed by atoms with Gasteiger partial charge in [-0.2, -0.15) is 0 Å². The Morgan fingerprint density at radius 3 is 2.15 bits per heavy atom. The third-order valence-corrected chi connectivity index (χ3v) is 5.09. The Kier molecular flexibility index (Phi) is 6.55. The topological polar surface area (TPSA) is 81.2 Å². The first kappa shape index (κ1) is 21.9. The van der Waals surface area contributed by atoms with Crippen molar-refractivity contribution in [3.05, 3.63) is 96.1 Å². The maximum Gasteiger partial charge on any atom is 0.342 e. The predicted octanol–water partition coefficient (Wildman–Crippen LogP) is 5.93. The SMILES string of the molecule is CCOC(=O)c1c(Nc2cccc(C(C)=O)c2)nnc(-c2ccccc2)c1-c1ccccc1. The van der Waals surface area contributed by atoms with E-state index in [0.717, 1.165) is 11.1 Å². The quantitative estimate of drug-likeness (QED) is 0.285. The van der Waals surface area contributed by atoms with Gasteiger partial charge in [-0.1, -0.05) is 72.8 Å². The summed E-state index contributed by atoms with van der Waals surface area (Å²) in [6.07, 6.45) is 0. The second-order valence-electron chi connectivity index (χ2n) is 7.36. The average molecular weight is 437 g/mol. The van der Waals surface area contributed by atoms with Crippen LogP contribution in [0.1, 0.15) is 34.6 Å². The summed E-state index contributed by atoms with van der Waals surface area (Å²) in [5.41, 5.74) is 4.30. The first-order valence-electron chi connectivity index (χ1n) is 10.6. The highest BCUT2D eigenvalue weighted by Gasteiger charge is 2.25. The van der Waals surface area contributed by atoms with E-state index in [9.17, 15) is 9.59 Å². The smallest absolute Gasteiger partial charge is 0.342 e. The van der Waals surface area contributed by atoms with Crippen LogP contribution in [-0.2, 0) is 4.74 Å². The number of carbonyl (C=O) groups is 2. The van der Waals surface area contributed by atoms with Crippen molar-refractivity contribution < 1.29 is 14.3 Å². The molecule has 1 heterocycles. The molecule has 6 nitrogen and oxygen atoms in total. The molecule has 0 aliphatic rings.